The molecule has 0 aliphatic carbocycles. The van der Waals surface area contributed by atoms with E-state index in [1.165, 1.54) is 30.5 Å². The normalized spacial score (nSPS) is 11.6. The molecule has 0 heterocycles. The van der Waals surface area contributed by atoms with Gasteiger partial charge in [0.15, 0.2) is 0 Å². The molecule has 0 atom stereocenters. The maximum Gasteiger partial charge on any atom is 0.0363 e. The molecule has 1 rings (SSSR count). The molecule has 0 amide bonds. The van der Waals surface area contributed by atoms with Gasteiger partial charge in [0.25, 0.3) is 0 Å². The molecule has 1 N–H and O–H groups in total. The molecule has 0 spiro atoms. The Balaban J connectivity index is 2.46. The predicted molar refractivity (Wildman–Crippen MR) is 85.8 cm³/mol. The van der Waals surface area contributed by atoms with E-state index in [4.69, 9.17) is 0 Å². The Morgan fingerprint density at radius 1 is 1.05 bits per heavy atom. The van der Waals surface area contributed by atoms with Gasteiger partial charge in [-0.2, -0.15) is 0 Å². The van der Waals surface area contributed by atoms with Gasteiger partial charge in [-0.3, -0.25) is 0 Å². The van der Waals surface area contributed by atoms with E-state index in [0.29, 0.717) is 0 Å². The molecule has 1 aromatic rings. The second-order valence-corrected chi connectivity index (χ2v) is 6.40. The number of rotatable bonds is 7. The summed E-state index contributed by atoms with van der Waals surface area (Å²) in [6.45, 7) is 10.9. The molecule has 0 fully saturated rings. The highest BCUT2D eigenvalue weighted by Crippen LogP contribution is 2.15. The third kappa shape index (κ3) is 6.63. The molecular weight excluding hydrogens is 232 g/mol. The summed E-state index contributed by atoms with van der Waals surface area (Å²) >= 11 is 0. The zero-order valence-corrected chi connectivity index (χ0v) is 13.3. The summed E-state index contributed by atoms with van der Waals surface area (Å²) in [5.41, 5.74) is 2.84. The molecule has 0 radical (unpaired) electrons. The highest BCUT2D eigenvalue weighted by atomic mass is 15.1. The molecule has 2 nitrogen and oxygen atoms in total. The molecule has 0 bridgehead atoms. The second kappa shape index (κ2) is 7.54. The molecule has 0 aliphatic rings. The van der Waals surface area contributed by atoms with Crippen LogP contribution in [0.15, 0.2) is 24.3 Å². The quantitative estimate of drug-likeness (QED) is 0.741. The molecule has 1 aromatic carbocycles. The van der Waals surface area contributed by atoms with Crippen LogP contribution in [0.2, 0.25) is 0 Å². The first-order valence-corrected chi connectivity index (χ1v) is 7.47. The smallest absolute Gasteiger partial charge is 0.0363 e. The van der Waals surface area contributed by atoms with Crippen molar-refractivity contribution in [1.29, 1.82) is 0 Å². The van der Waals surface area contributed by atoms with Crippen LogP contribution >= 0.6 is 0 Å². The SMILES string of the molecule is CCCCCN(C)c1ccc(CNC(C)(C)C)cc1. The van der Waals surface area contributed by atoms with Gasteiger partial charge in [0.2, 0.25) is 0 Å². The standard InChI is InChI=1S/C17H30N2/c1-6-7-8-13-19(5)16-11-9-15(10-12-16)14-18-17(2,3)4/h9-12,18H,6-8,13-14H2,1-5H3. The lowest BCUT2D eigenvalue weighted by molar-refractivity contribution is 0.424. The van der Waals surface area contributed by atoms with Crippen molar-refractivity contribution in [3.05, 3.63) is 29.8 Å². The highest BCUT2D eigenvalue weighted by Gasteiger charge is 2.08. The minimum Gasteiger partial charge on any atom is -0.375 e. The van der Waals surface area contributed by atoms with Crippen LogP contribution in [0.1, 0.15) is 52.5 Å². The summed E-state index contributed by atoms with van der Waals surface area (Å²) in [6, 6.07) is 8.91. The van der Waals surface area contributed by atoms with Crippen molar-refractivity contribution < 1.29 is 0 Å². The Labute approximate surface area is 119 Å². The summed E-state index contributed by atoms with van der Waals surface area (Å²) in [6.07, 6.45) is 3.88. The van der Waals surface area contributed by atoms with E-state index in [1.54, 1.807) is 0 Å². The van der Waals surface area contributed by atoms with Gasteiger partial charge >= 0.3 is 0 Å². The van der Waals surface area contributed by atoms with Crippen LogP contribution < -0.4 is 10.2 Å². The fraction of sp³-hybridized carbons (Fsp3) is 0.647. The predicted octanol–water partition coefficient (Wildman–Crippen LogP) is 4.20. The van der Waals surface area contributed by atoms with Crippen LogP contribution in [-0.2, 0) is 6.54 Å². The molecular formula is C17H30N2. The van der Waals surface area contributed by atoms with Crippen LogP contribution in [0.4, 0.5) is 5.69 Å². The average molecular weight is 262 g/mol. The van der Waals surface area contributed by atoms with Crippen molar-refractivity contribution in [2.75, 3.05) is 18.5 Å². The molecule has 0 saturated carbocycles. The maximum absolute atomic E-state index is 3.52. The largest absolute Gasteiger partial charge is 0.375 e. The Morgan fingerprint density at radius 2 is 1.68 bits per heavy atom. The van der Waals surface area contributed by atoms with Gasteiger partial charge < -0.3 is 10.2 Å². The average Bonchev–Trinajstić information content (AvgIpc) is 2.36. The first-order chi connectivity index (χ1) is 8.92. The van der Waals surface area contributed by atoms with Gasteiger partial charge in [-0.25, -0.2) is 0 Å². The van der Waals surface area contributed by atoms with E-state index in [1.807, 2.05) is 0 Å². The zero-order valence-electron chi connectivity index (χ0n) is 13.3. The van der Waals surface area contributed by atoms with Crippen molar-refractivity contribution in [2.24, 2.45) is 0 Å². The lowest BCUT2D eigenvalue weighted by atomic mass is 10.1. The number of nitrogens with zero attached hydrogens (tertiary/aromatic N) is 1. The van der Waals surface area contributed by atoms with Crippen LogP contribution in [-0.4, -0.2) is 19.1 Å². The van der Waals surface area contributed by atoms with E-state index in [-0.39, 0.29) is 5.54 Å². The molecule has 19 heavy (non-hydrogen) atoms. The van der Waals surface area contributed by atoms with Gasteiger partial charge in [-0.05, 0) is 44.9 Å². The van der Waals surface area contributed by atoms with E-state index in [2.05, 4.69) is 69.2 Å². The first-order valence-electron chi connectivity index (χ1n) is 7.47. The van der Waals surface area contributed by atoms with Crippen molar-refractivity contribution in [1.82, 2.24) is 5.32 Å². The first kappa shape index (κ1) is 16.0. The molecule has 0 saturated heterocycles. The fourth-order valence-electron chi connectivity index (χ4n) is 1.96. The molecule has 108 valence electrons. The van der Waals surface area contributed by atoms with E-state index < -0.39 is 0 Å². The Bertz CT molecular complexity index is 349. The number of hydrogen-bond donors (Lipinski definition) is 1. The van der Waals surface area contributed by atoms with Crippen molar-refractivity contribution in [2.45, 2.75) is 59.0 Å². The van der Waals surface area contributed by atoms with Gasteiger partial charge in [0, 0.05) is 31.4 Å². The van der Waals surface area contributed by atoms with Crippen LogP contribution in [0.3, 0.4) is 0 Å². The van der Waals surface area contributed by atoms with Crippen molar-refractivity contribution in [3.63, 3.8) is 0 Å². The molecule has 2 heteroatoms. The van der Waals surface area contributed by atoms with Crippen LogP contribution in [0.5, 0.6) is 0 Å². The minimum atomic E-state index is 0.176. The lowest BCUT2D eigenvalue weighted by Gasteiger charge is -2.22. The Kier molecular flexibility index (Phi) is 6.36. The van der Waals surface area contributed by atoms with Crippen LogP contribution in [0.25, 0.3) is 0 Å². The van der Waals surface area contributed by atoms with Crippen molar-refractivity contribution in [3.8, 4) is 0 Å². The number of benzene rings is 1. The number of unbranched alkanes of at least 4 members (excludes halogenated alkanes) is 2. The van der Waals surface area contributed by atoms with Gasteiger partial charge in [-0.15, -0.1) is 0 Å². The third-order valence-electron chi connectivity index (χ3n) is 3.30. The second-order valence-electron chi connectivity index (χ2n) is 6.40. The fourth-order valence-corrected chi connectivity index (χ4v) is 1.96. The third-order valence-corrected chi connectivity index (χ3v) is 3.30. The summed E-state index contributed by atoms with van der Waals surface area (Å²) in [4.78, 5) is 2.34. The number of anilines is 1. The monoisotopic (exact) mass is 262 g/mol. The Morgan fingerprint density at radius 3 is 2.21 bits per heavy atom. The Hall–Kier alpha value is -1.02. The van der Waals surface area contributed by atoms with E-state index in [0.717, 1.165) is 13.1 Å². The van der Waals surface area contributed by atoms with E-state index in [9.17, 15) is 0 Å². The summed E-state index contributed by atoms with van der Waals surface area (Å²) < 4.78 is 0. The van der Waals surface area contributed by atoms with Gasteiger partial charge in [-0.1, -0.05) is 31.9 Å². The van der Waals surface area contributed by atoms with Crippen LogP contribution in [0, 0.1) is 0 Å². The topological polar surface area (TPSA) is 15.3 Å². The maximum atomic E-state index is 3.52. The van der Waals surface area contributed by atoms with Crippen molar-refractivity contribution >= 4 is 5.69 Å². The summed E-state index contributed by atoms with van der Waals surface area (Å²) in [5.74, 6) is 0. The summed E-state index contributed by atoms with van der Waals surface area (Å²) in [5, 5.41) is 3.52. The summed E-state index contributed by atoms with van der Waals surface area (Å²) in [7, 11) is 2.18. The zero-order chi connectivity index (χ0) is 14.3. The molecule has 0 aliphatic heterocycles. The number of nitrogens with one attached hydrogen (secondary N) is 1. The molecule has 0 unspecified atom stereocenters. The van der Waals surface area contributed by atoms with Gasteiger partial charge in [0.1, 0.15) is 0 Å². The highest BCUT2D eigenvalue weighted by molar-refractivity contribution is 5.46. The van der Waals surface area contributed by atoms with Gasteiger partial charge in [0.05, 0.1) is 0 Å². The number of hydrogen-bond acceptors (Lipinski definition) is 2. The van der Waals surface area contributed by atoms with E-state index >= 15 is 0 Å². The minimum absolute atomic E-state index is 0.176. The lowest BCUT2D eigenvalue weighted by Crippen LogP contribution is -2.35. The molecule has 0 aromatic heterocycles.